The van der Waals surface area contributed by atoms with Crippen molar-refractivity contribution in [2.45, 2.75) is 30.6 Å². The van der Waals surface area contributed by atoms with Gasteiger partial charge in [0.15, 0.2) is 12.5 Å². The van der Waals surface area contributed by atoms with Crippen LogP contribution in [0.15, 0.2) is 18.2 Å². The summed E-state index contributed by atoms with van der Waals surface area (Å²) in [5.41, 5.74) is -1.05. The third-order valence-electron chi connectivity index (χ3n) is 3.65. The zero-order valence-electron chi connectivity index (χ0n) is 10.2. The number of fused-ring (bicyclic) bond motifs is 2. The normalized spacial score (nSPS) is 35.6. The Morgan fingerprint density at radius 3 is 2.80 bits per heavy atom. The lowest BCUT2D eigenvalue weighted by molar-refractivity contribution is -0.148. The first-order valence-corrected chi connectivity index (χ1v) is 6.02. The van der Waals surface area contributed by atoms with E-state index in [4.69, 9.17) is 9.84 Å². The molecule has 108 valence electrons. The van der Waals surface area contributed by atoms with Gasteiger partial charge in [0.2, 0.25) is 0 Å². The summed E-state index contributed by atoms with van der Waals surface area (Å²) >= 11 is 0. The molecule has 1 aromatic rings. The summed E-state index contributed by atoms with van der Waals surface area (Å²) in [6.45, 7) is 0. The van der Waals surface area contributed by atoms with Gasteiger partial charge in [-0.15, -0.1) is 0 Å². The molecule has 0 amide bonds. The Hall–Kier alpha value is -1.74. The summed E-state index contributed by atoms with van der Waals surface area (Å²) in [7, 11) is 0. The van der Waals surface area contributed by atoms with Gasteiger partial charge in [0, 0.05) is 12.0 Å². The zero-order chi connectivity index (χ0) is 14.5. The number of rotatable bonds is 1. The van der Waals surface area contributed by atoms with E-state index in [9.17, 15) is 19.4 Å². The molecule has 0 saturated carbocycles. The lowest BCUT2D eigenvalue weighted by Gasteiger charge is -2.40. The van der Waals surface area contributed by atoms with Gasteiger partial charge in [0.1, 0.15) is 17.8 Å². The van der Waals surface area contributed by atoms with Crippen LogP contribution in [-0.4, -0.2) is 40.0 Å². The molecule has 20 heavy (non-hydrogen) atoms. The number of aliphatic carboxylic acids is 1. The van der Waals surface area contributed by atoms with Crippen molar-refractivity contribution in [3.05, 3.63) is 29.6 Å². The molecule has 4 unspecified atom stereocenters. The van der Waals surface area contributed by atoms with Crippen LogP contribution in [0.4, 0.5) is 4.39 Å². The number of nitrogens with one attached hydrogen (secondary N) is 2. The highest BCUT2D eigenvalue weighted by atomic mass is 19.1. The highest BCUT2D eigenvalue weighted by Crippen LogP contribution is 2.43. The number of hydrogen-bond acceptors (Lipinski definition) is 6. The van der Waals surface area contributed by atoms with Crippen molar-refractivity contribution >= 4 is 5.97 Å². The van der Waals surface area contributed by atoms with Gasteiger partial charge in [0.05, 0.1) is 5.54 Å². The van der Waals surface area contributed by atoms with Crippen molar-refractivity contribution in [1.29, 1.82) is 0 Å². The molecular formula is C12H13FN2O5. The lowest BCUT2D eigenvalue weighted by Crippen LogP contribution is -2.54. The summed E-state index contributed by atoms with van der Waals surface area (Å²) in [4.78, 5) is 11.2. The standard InChI is InChI=1S/C12H13FN2O5/c13-5-1-2-7-6(3-5)12(4-8(20-7)9(16)17)10(18)14-11(19)15-12/h1-3,8,10-11,14-15,18-19H,4H2,(H,16,17). The fourth-order valence-corrected chi connectivity index (χ4v) is 2.74. The molecule has 2 heterocycles. The summed E-state index contributed by atoms with van der Waals surface area (Å²) in [5.74, 6) is -1.59. The van der Waals surface area contributed by atoms with Crippen molar-refractivity contribution < 1.29 is 29.2 Å². The molecule has 0 radical (unpaired) electrons. The number of benzene rings is 1. The van der Waals surface area contributed by atoms with Crippen LogP contribution < -0.4 is 15.4 Å². The minimum atomic E-state index is -1.32. The molecule has 1 aromatic carbocycles. The van der Waals surface area contributed by atoms with Crippen molar-refractivity contribution in [2.75, 3.05) is 0 Å². The van der Waals surface area contributed by atoms with E-state index in [2.05, 4.69) is 10.6 Å². The van der Waals surface area contributed by atoms with Crippen LogP contribution in [0.3, 0.4) is 0 Å². The number of aliphatic hydroxyl groups excluding tert-OH is 2. The molecule has 1 saturated heterocycles. The van der Waals surface area contributed by atoms with Crippen LogP contribution in [-0.2, 0) is 10.3 Å². The number of aliphatic hydroxyl groups is 2. The number of halogens is 1. The van der Waals surface area contributed by atoms with E-state index in [0.717, 1.165) is 12.1 Å². The van der Waals surface area contributed by atoms with E-state index < -0.39 is 36.0 Å². The highest BCUT2D eigenvalue weighted by molar-refractivity contribution is 5.74. The lowest BCUT2D eigenvalue weighted by atomic mass is 9.81. The maximum absolute atomic E-state index is 13.4. The Morgan fingerprint density at radius 2 is 2.20 bits per heavy atom. The Labute approximate surface area is 113 Å². The Kier molecular flexibility index (Phi) is 2.91. The molecule has 8 heteroatoms. The molecular weight excluding hydrogens is 271 g/mol. The van der Waals surface area contributed by atoms with Crippen LogP contribution in [0.25, 0.3) is 0 Å². The monoisotopic (exact) mass is 284 g/mol. The molecule has 0 aliphatic carbocycles. The molecule has 1 spiro atoms. The van der Waals surface area contributed by atoms with Gasteiger partial charge < -0.3 is 20.1 Å². The predicted octanol–water partition coefficient (Wildman–Crippen LogP) is -0.956. The third-order valence-corrected chi connectivity index (χ3v) is 3.65. The number of carbonyl (C=O) groups is 1. The van der Waals surface area contributed by atoms with Crippen LogP contribution in [0, 0.1) is 5.82 Å². The molecule has 7 nitrogen and oxygen atoms in total. The number of hydrogen-bond donors (Lipinski definition) is 5. The Morgan fingerprint density at radius 1 is 1.45 bits per heavy atom. The third kappa shape index (κ3) is 1.85. The molecule has 5 N–H and O–H groups in total. The van der Waals surface area contributed by atoms with E-state index in [-0.39, 0.29) is 17.7 Å². The molecule has 4 atom stereocenters. The SMILES string of the molecule is O=C(O)C1CC2(NC(O)NC2O)c2cc(F)ccc2O1. The molecule has 3 rings (SSSR count). The van der Waals surface area contributed by atoms with Crippen LogP contribution in [0.2, 0.25) is 0 Å². The molecule has 2 aliphatic heterocycles. The zero-order valence-corrected chi connectivity index (χ0v) is 10.2. The van der Waals surface area contributed by atoms with E-state index >= 15 is 0 Å². The molecule has 0 aromatic heterocycles. The summed E-state index contributed by atoms with van der Waals surface area (Å²) in [6.07, 6.45) is -3.86. The van der Waals surface area contributed by atoms with Gasteiger partial charge in [-0.25, -0.2) is 9.18 Å². The van der Waals surface area contributed by atoms with Crippen molar-refractivity contribution in [2.24, 2.45) is 0 Å². The van der Waals surface area contributed by atoms with Crippen LogP contribution in [0.5, 0.6) is 5.75 Å². The first-order valence-electron chi connectivity index (χ1n) is 6.02. The minimum absolute atomic E-state index is 0.149. The van der Waals surface area contributed by atoms with Gasteiger partial charge in [-0.3, -0.25) is 10.6 Å². The van der Waals surface area contributed by atoms with Crippen molar-refractivity contribution in [3.8, 4) is 5.75 Å². The van der Waals surface area contributed by atoms with Gasteiger partial charge in [-0.2, -0.15) is 0 Å². The van der Waals surface area contributed by atoms with E-state index in [1.165, 1.54) is 6.07 Å². The Bertz CT molecular complexity index is 569. The highest BCUT2D eigenvalue weighted by Gasteiger charge is 2.53. The summed E-state index contributed by atoms with van der Waals surface area (Å²) < 4.78 is 18.7. The topological polar surface area (TPSA) is 111 Å². The van der Waals surface area contributed by atoms with E-state index in [0.29, 0.717) is 0 Å². The first kappa shape index (κ1) is 13.3. The van der Waals surface area contributed by atoms with Gasteiger partial charge in [-0.05, 0) is 18.2 Å². The van der Waals surface area contributed by atoms with Crippen molar-refractivity contribution in [1.82, 2.24) is 10.6 Å². The fourth-order valence-electron chi connectivity index (χ4n) is 2.74. The molecule has 2 aliphatic rings. The number of carboxylic acids is 1. The van der Waals surface area contributed by atoms with Gasteiger partial charge >= 0.3 is 5.97 Å². The number of carboxylic acid groups (broad SMARTS) is 1. The van der Waals surface area contributed by atoms with E-state index in [1.807, 2.05) is 0 Å². The van der Waals surface area contributed by atoms with E-state index in [1.54, 1.807) is 0 Å². The quantitative estimate of drug-likeness (QED) is 0.452. The molecule has 1 fully saturated rings. The van der Waals surface area contributed by atoms with Crippen LogP contribution >= 0.6 is 0 Å². The Balaban J connectivity index is 2.13. The maximum atomic E-state index is 13.4. The number of ether oxygens (including phenoxy) is 1. The minimum Gasteiger partial charge on any atom is -0.479 e. The van der Waals surface area contributed by atoms with Gasteiger partial charge in [0.25, 0.3) is 0 Å². The maximum Gasteiger partial charge on any atom is 0.344 e. The van der Waals surface area contributed by atoms with Crippen LogP contribution in [0.1, 0.15) is 12.0 Å². The summed E-state index contributed by atoms with van der Waals surface area (Å²) in [5, 5.41) is 33.9. The van der Waals surface area contributed by atoms with Crippen molar-refractivity contribution in [3.63, 3.8) is 0 Å². The second-order valence-electron chi connectivity index (χ2n) is 4.88. The predicted molar refractivity (Wildman–Crippen MR) is 63.0 cm³/mol. The smallest absolute Gasteiger partial charge is 0.344 e. The second-order valence-corrected chi connectivity index (χ2v) is 4.88. The summed E-state index contributed by atoms with van der Waals surface area (Å²) in [6, 6.07) is 3.60. The average Bonchev–Trinajstić information content (AvgIpc) is 2.65. The second kappa shape index (κ2) is 4.38. The first-order chi connectivity index (χ1) is 9.42. The average molecular weight is 284 g/mol. The largest absolute Gasteiger partial charge is 0.479 e. The fraction of sp³-hybridized carbons (Fsp3) is 0.417. The van der Waals surface area contributed by atoms with Gasteiger partial charge in [-0.1, -0.05) is 0 Å². The molecule has 0 bridgehead atoms.